The van der Waals surface area contributed by atoms with Crippen LogP contribution in [-0.2, 0) is 16.6 Å². The maximum atomic E-state index is 12.6. The van der Waals surface area contributed by atoms with Crippen LogP contribution in [0.3, 0.4) is 0 Å². The fourth-order valence-corrected chi connectivity index (χ4v) is 3.81. The van der Waals surface area contributed by atoms with Crippen LogP contribution >= 0.6 is 0 Å². The molecule has 0 aliphatic rings. The number of aromatic hydroxyl groups is 1. The minimum absolute atomic E-state index is 0.0277. The van der Waals surface area contributed by atoms with Crippen LogP contribution in [0.4, 0.5) is 0 Å². The summed E-state index contributed by atoms with van der Waals surface area (Å²) in [6, 6.07) is 16.7. The van der Waals surface area contributed by atoms with Crippen molar-refractivity contribution in [2.75, 3.05) is 0 Å². The molecule has 0 aliphatic carbocycles. The SMILES string of the molecule is Cc1cc(O)cc(C)c1-c1cccc(C(=O)NCc2ccc(S(N)(=O)=O)cc2)c1. The van der Waals surface area contributed by atoms with Gasteiger partial charge in [-0.3, -0.25) is 4.79 Å². The third kappa shape index (κ3) is 4.82. The second-order valence-electron chi connectivity index (χ2n) is 6.91. The van der Waals surface area contributed by atoms with E-state index in [4.69, 9.17) is 5.14 Å². The van der Waals surface area contributed by atoms with E-state index in [1.165, 1.54) is 12.1 Å². The highest BCUT2D eigenvalue weighted by molar-refractivity contribution is 7.89. The number of rotatable bonds is 5. The van der Waals surface area contributed by atoms with Gasteiger partial charge < -0.3 is 10.4 Å². The quantitative estimate of drug-likeness (QED) is 0.600. The van der Waals surface area contributed by atoms with Gasteiger partial charge in [-0.15, -0.1) is 0 Å². The van der Waals surface area contributed by atoms with Crippen molar-refractivity contribution in [2.45, 2.75) is 25.3 Å². The normalized spacial score (nSPS) is 11.3. The van der Waals surface area contributed by atoms with Crippen molar-refractivity contribution in [3.05, 3.63) is 82.9 Å². The molecule has 4 N–H and O–H groups in total. The fourth-order valence-electron chi connectivity index (χ4n) is 3.29. The molecule has 1 amide bonds. The molecule has 0 aromatic heterocycles. The van der Waals surface area contributed by atoms with Crippen LogP contribution in [0.1, 0.15) is 27.0 Å². The summed E-state index contributed by atoms with van der Waals surface area (Å²) in [5.74, 6) is -0.0254. The van der Waals surface area contributed by atoms with Crippen molar-refractivity contribution in [2.24, 2.45) is 5.14 Å². The highest BCUT2D eigenvalue weighted by atomic mass is 32.2. The maximum absolute atomic E-state index is 12.6. The largest absolute Gasteiger partial charge is 0.508 e. The molecule has 3 aromatic carbocycles. The number of hydrogen-bond donors (Lipinski definition) is 3. The van der Waals surface area contributed by atoms with Crippen molar-refractivity contribution in [1.82, 2.24) is 5.32 Å². The molecule has 0 spiro atoms. The second kappa shape index (κ2) is 8.06. The predicted molar refractivity (Wildman–Crippen MR) is 112 cm³/mol. The van der Waals surface area contributed by atoms with Gasteiger partial charge >= 0.3 is 0 Å². The predicted octanol–water partition coefficient (Wildman–Crippen LogP) is 3.25. The Balaban J connectivity index is 1.77. The molecule has 0 radical (unpaired) electrons. The zero-order chi connectivity index (χ0) is 21.2. The molecule has 0 aliphatic heterocycles. The highest BCUT2D eigenvalue weighted by Gasteiger charge is 2.12. The molecule has 6 nitrogen and oxygen atoms in total. The summed E-state index contributed by atoms with van der Waals surface area (Å²) in [4.78, 5) is 12.6. The first-order valence-corrected chi connectivity index (χ1v) is 10.5. The van der Waals surface area contributed by atoms with Crippen LogP contribution in [0.5, 0.6) is 5.75 Å². The molecule has 0 bridgehead atoms. The number of carbonyl (C=O) groups excluding carboxylic acids is 1. The van der Waals surface area contributed by atoms with Gasteiger partial charge in [-0.1, -0.05) is 24.3 Å². The number of sulfonamides is 1. The third-order valence-corrected chi connectivity index (χ3v) is 5.57. The lowest BCUT2D eigenvalue weighted by molar-refractivity contribution is 0.0951. The number of amides is 1. The van der Waals surface area contributed by atoms with Crippen LogP contribution in [-0.4, -0.2) is 19.4 Å². The Morgan fingerprint density at radius 2 is 1.62 bits per heavy atom. The highest BCUT2D eigenvalue weighted by Crippen LogP contribution is 2.31. The Bertz CT molecular complexity index is 1150. The minimum atomic E-state index is -3.74. The van der Waals surface area contributed by atoms with Crippen LogP contribution in [0.15, 0.2) is 65.6 Å². The number of primary sulfonamides is 1. The molecule has 3 rings (SSSR count). The van der Waals surface area contributed by atoms with E-state index in [-0.39, 0.29) is 23.1 Å². The van der Waals surface area contributed by atoms with Crippen LogP contribution in [0, 0.1) is 13.8 Å². The van der Waals surface area contributed by atoms with E-state index in [1.807, 2.05) is 32.0 Å². The molecule has 0 heterocycles. The first-order valence-electron chi connectivity index (χ1n) is 8.96. The summed E-state index contributed by atoms with van der Waals surface area (Å²) >= 11 is 0. The van der Waals surface area contributed by atoms with Gasteiger partial charge in [0.25, 0.3) is 5.91 Å². The molecule has 7 heteroatoms. The minimum Gasteiger partial charge on any atom is -0.508 e. The first-order chi connectivity index (χ1) is 13.6. The Morgan fingerprint density at radius 3 is 2.21 bits per heavy atom. The third-order valence-electron chi connectivity index (χ3n) is 4.64. The standard InChI is InChI=1S/C22H22N2O4S/c1-14-10-19(25)11-15(2)21(14)17-4-3-5-18(12-17)22(26)24-13-16-6-8-20(9-7-16)29(23,27)28/h3-12,25H,13H2,1-2H3,(H,24,26)(H2,23,27,28). The molecular weight excluding hydrogens is 388 g/mol. The van der Waals surface area contributed by atoms with Crippen LogP contribution in [0.25, 0.3) is 11.1 Å². The van der Waals surface area contributed by atoms with Crippen LogP contribution < -0.4 is 10.5 Å². The van der Waals surface area contributed by atoms with Crippen molar-refractivity contribution in [3.8, 4) is 16.9 Å². The molecule has 0 atom stereocenters. The summed E-state index contributed by atoms with van der Waals surface area (Å²) in [5, 5.41) is 17.7. The van der Waals surface area contributed by atoms with Gasteiger partial charge in [-0.05, 0) is 78.1 Å². The monoisotopic (exact) mass is 410 g/mol. The molecule has 29 heavy (non-hydrogen) atoms. The Hall–Kier alpha value is -3.16. The number of nitrogens with one attached hydrogen (secondary N) is 1. The summed E-state index contributed by atoms with van der Waals surface area (Å²) in [6.07, 6.45) is 0. The zero-order valence-corrected chi connectivity index (χ0v) is 17.0. The number of phenols is 1. The van der Waals surface area contributed by atoms with Gasteiger partial charge in [0.2, 0.25) is 10.0 Å². The lowest BCUT2D eigenvalue weighted by Crippen LogP contribution is -2.22. The molecule has 0 fully saturated rings. The molecule has 0 saturated carbocycles. The molecule has 0 unspecified atom stereocenters. The lowest BCUT2D eigenvalue weighted by Gasteiger charge is -2.12. The van der Waals surface area contributed by atoms with E-state index < -0.39 is 10.0 Å². The summed E-state index contributed by atoms with van der Waals surface area (Å²) in [6.45, 7) is 4.09. The van der Waals surface area contributed by atoms with Gasteiger partial charge in [0.05, 0.1) is 4.90 Å². The van der Waals surface area contributed by atoms with Crippen molar-refractivity contribution in [1.29, 1.82) is 0 Å². The molecular formula is C22H22N2O4S. The van der Waals surface area contributed by atoms with Gasteiger partial charge in [0, 0.05) is 12.1 Å². The van der Waals surface area contributed by atoms with Gasteiger partial charge in [-0.2, -0.15) is 0 Å². The van der Waals surface area contributed by atoms with Gasteiger partial charge in [0.15, 0.2) is 0 Å². The van der Waals surface area contributed by atoms with Crippen molar-refractivity contribution in [3.63, 3.8) is 0 Å². The average molecular weight is 410 g/mol. The number of aryl methyl sites for hydroxylation is 2. The smallest absolute Gasteiger partial charge is 0.251 e. The number of hydrogen-bond acceptors (Lipinski definition) is 4. The molecule has 0 saturated heterocycles. The van der Waals surface area contributed by atoms with E-state index in [1.54, 1.807) is 30.3 Å². The molecule has 150 valence electrons. The van der Waals surface area contributed by atoms with E-state index in [9.17, 15) is 18.3 Å². The summed E-state index contributed by atoms with van der Waals surface area (Å²) < 4.78 is 22.6. The lowest BCUT2D eigenvalue weighted by atomic mass is 9.94. The number of carbonyl (C=O) groups is 1. The Kier molecular flexibility index (Phi) is 5.72. The number of phenolic OH excluding ortho intramolecular Hbond substituents is 1. The van der Waals surface area contributed by atoms with Gasteiger partial charge in [-0.25, -0.2) is 13.6 Å². The topological polar surface area (TPSA) is 109 Å². The number of nitrogens with two attached hydrogens (primary N) is 1. The van der Waals surface area contributed by atoms with Crippen molar-refractivity contribution < 1.29 is 18.3 Å². The Labute approximate surface area is 170 Å². The van der Waals surface area contributed by atoms with Crippen molar-refractivity contribution >= 4 is 15.9 Å². The molecule has 3 aromatic rings. The van der Waals surface area contributed by atoms with E-state index in [0.717, 1.165) is 27.8 Å². The number of benzene rings is 3. The second-order valence-corrected chi connectivity index (χ2v) is 8.47. The van der Waals surface area contributed by atoms with E-state index in [2.05, 4.69) is 5.32 Å². The zero-order valence-electron chi connectivity index (χ0n) is 16.1. The summed E-state index contributed by atoms with van der Waals surface area (Å²) in [7, 11) is -3.74. The summed E-state index contributed by atoms with van der Waals surface area (Å²) in [5.41, 5.74) is 4.99. The van der Waals surface area contributed by atoms with Crippen LogP contribution in [0.2, 0.25) is 0 Å². The van der Waals surface area contributed by atoms with E-state index >= 15 is 0 Å². The maximum Gasteiger partial charge on any atom is 0.251 e. The Morgan fingerprint density at radius 1 is 1.00 bits per heavy atom. The first kappa shape index (κ1) is 20.6. The van der Waals surface area contributed by atoms with Gasteiger partial charge in [0.1, 0.15) is 5.75 Å². The van der Waals surface area contributed by atoms with E-state index in [0.29, 0.717) is 5.56 Å². The average Bonchev–Trinajstić information content (AvgIpc) is 2.65. The fraction of sp³-hybridized carbons (Fsp3) is 0.136.